The number of fused-ring (bicyclic) bond motifs is 2. The second kappa shape index (κ2) is 5.58. The van der Waals surface area contributed by atoms with Gasteiger partial charge in [0, 0.05) is 34.6 Å². The number of sulfone groups is 1. The van der Waals surface area contributed by atoms with Crippen LogP contribution in [0, 0.1) is 0 Å². The minimum Gasteiger partial charge on any atom is -0.384 e. The highest BCUT2D eigenvalue weighted by atomic mass is 32.2. The Kier molecular flexibility index (Phi) is 3.56. The highest BCUT2D eigenvalue weighted by Gasteiger charge is 2.23. The van der Waals surface area contributed by atoms with E-state index in [1.54, 1.807) is 6.08 Å². The van der Waals surface area contributed by atoms with E-state index in [4.69, 9.17) is 5.73 Å². The van der Waals surface area contributed by atoms with Crippen LogP contribution in [0.4, 0.5) is 11.5 Å². The molecule has 1 aromatic carbocycles. The van der Waals surface area contributed by atoms with Gasteiger partial charge in [0.05, 0.1) is 11.3 Å². The molecule has 3 heterocycles. The summed E-state index contributed by atoms with van der Waals surface area (Å²) in [5.41, 5.74) is 8.87. The van der Waals surface area contributed by atoms with Gasteiger partial charge in [0.25, 0.3) is 5.56 Å². The zero-order chi connectivity index (χ0) is 18.6. The van der Waals surface area contributed by atoms with Crippen molar-refractivity contribution in [2.75, 3.05) is 12.0 Å². The molecule has 0 fully saturated rings. The molecule has 0 unspecified atom stereocenters. The van der Waals surface area contributed by atoms with Crippen LogP contribution < -0.4 is 11.3 Å². The van der Waals surface area contributed by atoms with Gasteiger partial charge in [0.2, 0.25) is 20.0 Å². The van der Waals surface area contributed by atoms with Crippen molar-refractivity contribution in [2.45, 2.75) is 12.1 Å². The van der Waals surface area contributed by atoms with Crippen LogP contribution in [-0.4, -0.2) is 34.1 Å². The van der Waals surface area contributed by atoms with E-state index in [-0.39, 0.29) is 21.5 Å². The average Bonchev–Trinajstić information content (AvgIpc) is 3.12. The highest BCUT2D eigenvalue weighted by Crippen LogP contribution is 2.35. The number of nitrogens with zero attached hydrogens (tertiary/aromatic N) is 4. The van der Waals surface area contributed by atoms with Gasteiger partial charge >= 0.3 is 0 Å². The number of aliphatic imine (C=N–C) groups is 1. The highest BCUT2D eigenvalue weighted by molar-refractivity contribution is 7.90. The second-order valence-corrected chi connectivity index (χ2v) is 8.48. The molecule has 0 atom stereocenters. The third-order valence-electron chi connectivity index (χ3n) is 4.02. The van der Waals surface area contributed by atoms with Crippen molar-refractivity contribution in [3.63, 3.8) is 0 Å². The Balaban J connectivity index is 2.02. The van der Waals surface area contributed by atoms with Crippen molar-refractivity contribution in [3.05, 3.63) is 45.7 Å². The topological polar surface area (TPSA) is 120 Å². The number of para-hydroxylation sites is 1. The van der Waals surface area contributed by atoms with Crippen LogP contribution in [-0.2, 0) is 9.84 Å². The van der Waals surface area contributed by atoms with Gasteiger partial charge in [-0.15, -0.1) is 0 Å². The maximum atomic E-state index is 12.5. The number of hydrogen-bond donors (Lipinski definition) is 1. The molecular formula is C16H13N5O3S2. The summed E-state index contributed by atoms with van der Waals surface area (Å²) in [6.45, 7) is 1.83. The zero-order valence-electron chi connectivity index (χ0n) is 13.8. The van der Waals surface area contributed by atoms with Crippen LogP contribution in [0.5, 0.6) is 0 Å². The normalized spacial score (nSPS) is 15.5. The van der Waals surface area contributed by atoms with E-state index < -0.39 is 15.4 Å². The van der Waals surface area contributed by atoms with Crippen LogP contribution in [0.15, 0.2) is 39.2 Å². The zero-order valence-corrected chi connectivity index (χ0v) is 15.4. The van der Waals surface area contributed by atoms with Gasteiger partial charge in [-0.1, -0.05) is 18.2 Å². The van der Waals surface area contributed by atoms with E-state index >= 15 is 0 Å². The van der Waals surface area contributed by atoms with Gasteiger partial charge in [0.1, 0.15) is 5.82 Å². The number of nitrogen functional groups attached to an aromatic ring is 1. The lowest BCUT2D eigenvalue weighted by Crippen LogP contribution is -2.18. The molecule has 0 aliphatic carbocycles. The third-order valence-corrected chi connectivity index (χ3v) is 5.78. The lowest BCUT2D eigenvalue weighted by Gasteiger charge is -2.07. The summed E-state index contributed by atoms with van der Waals surface area (Å²) >= 11 is 0.808. The molecule has 1 aliphatic heterocycles. The Bertz CT molecular complexity index is 1300. The molecule has 2 aromatic heterocycles. The second-order valence-electron chi connectivity index (χ2n) is 5.84. The lowest BCUT2D eigenvalue weighted by atomic mass is 10.0. The largest absolute Gasteiger partial charge is 0.384 e. The summed E-state index contributed by atoms with van der Waals surface area (Å²) in [6.07, 6.45) is 2.63. The molecule has 0 bridgehead atoms. The predicted octanol–water partition coefficient (Wildman–Crippen LogP) is 1.78. The number of rotatable bonds is 2. The first-order valence-electron chi connectivity index (χ1n) is 7.52. The maximum Gasteiger partial charge on any atom is 0.283 e. The van der Waals surface area contributed by atoms with Crippen molar-refractivity contribution in [1.82, 2.24) is 13.8 Å². The van der Waals surface area contributed by atoms with E-state index in [0.29, 0.717) is 0 Å². The Labute approximate surface area is 152 Å². The van der Waals surface area contributed by atoms with Gasteiger partial charge < -0.3 is 5.73 Å². The first kappa shape index (κ1) is 16.6. The van der Waals surface area contributed by atoms with Crippen LogP contribution in [0.3, 0.4) is 0 Å². The quantitative estimate of drug-likeness (QED) is 0.716. The number of hydrogen-bond acceptors (Lipinski definition) is 8. The van der Waals surface area contributed by atoms with Crippen molar-refractivity contribution >= 4 is 55.2 Å². The van der Waals surface area contributed by atoms with Gasteiger partial charge in [0.15, 0.2) is 0 Å². The predicted molar refractivity (Wildman–Crippen MR) is 102 cm³/mol. The monoisotopic (exact) mass is 387 g/mol. The summed E-state index contributed by atoms with van der Waals surface area (Å²) in [6, 6.07) is 7.53. The Morgan fingerprint density at radius 2 is 2.00 bits per heavy atom. The summed E-state index contributed by atoms with van der Waals surface area (Å²) in [4.78, 5) is 21.0. The molecule has 132 valence electrons. The molecule has 26 heavy (non-hydrogen) atoms. The Morgan fingerprint density at radius 3 is 2.73 bits per heavy atom. The van der Waals surface area contributed by atoms with Crippen LogP contribution in [0.25, 0.3) is 16.6 Å². The van der Waals surface area contributed by atoms with Gasteiger partial charge in [-0.05, 0) is 19.1 Å². The van der Waals surface area contributed by atoms with E-state index in [2.05, 4.69) is 14.3 Å². The molecule has 0 radical (unpaired) electrons. The minimum atomic E-state index is -3.63. The van der Waals surface area contributed by atoms with Gasteiger partial charge in [-0.3, -0.25) is 9.79 Å². The third kappa shape index (κ3) is 2.45. The number of allylic oxidation sites excluding steroid dienone is 1. The molecule has 0 amide bonds. The first-order valence-corrected chi connectivity index (χ1v) is 10.2. The van der Waals surface area contributed by atoms with E-state index in [1.807, 2.05) is 31.2 Å². The Hall–Kier alpha value is -2.85. The number of nitrogens with two attached hydrogens (primary N) is 1. The number of anilines is 1. The van der Waals surface area contributed by atoms with Gasteiger partial charge in [-0.2, -0.15) is 9.36 Å². The Morgan fingerprint density at radius 1 is 1.27 bits per heavy atom. The maximum absolute atomic E-state index is 12.5. The molecule has 1 aliphatic rings. The van der Waals surface area contributed by atoms with E-state index in [0.717, 1.165) is 40.3 Å². The van der Waals surface area contributed by atoms with Crippen molar-refractivity contribution in [3.8, 4) is 0 Å². The molecule has 3 aromatic rings. The van der Waals surface area contributed by atoms with Crippen LogP contribution in [0.1, 0.15) is 18.1 Å². The molecule has 8 nitrogen and oxygen atoms in total. The molecular weight excluding hydrogens is 374 g/mol. The molecule has 2 N–H and O–H groups in total. The smallest absolute Gasteiger partial charge is 0.283 e. The lowest BCUT2D eigenvalue weighted by molar-refractivity contribution is 0.593. The van der Waals surface area contributed by atoms with Gasteiger partial charge in [-0.25, -0.2) is 12.8 Å². The first-order chi connectivity index (χ1) is 12.3. The van der Waals surface area contributed by atoms with Crippen LogP contribution in [0.2, 0.25) is 0 Å². The summed E-state index contributed by atoms with van der Waals surface area (Å²) in [5, 5.41) is -0.237. The standard InChI is InChI=1S/C16H13N5O3S2/c1-8-10(9-5-3-4-6-12(9)18-8)7-11-13(17)21-15(19-14(11)22)25-20-16(21)26(2,23)24/h3-7H,17H2,1-2H3. The fourth-order valence-corrected chi connectivity index (χ4v) is 4.69. The average molecular weight is 387 g/mol. The molecule has 10 heteroatoms. The van der Waals surface area contributed by atoms with Crippen LogP contribution >= 0.6 is 11.5 Å². The molecule has 0 spiro atoms. The number of benzene rings is 1. The van der Waals surface area contributed by atoms with E-state index in [9.17, 15) is 13.2 Å². The minimum absolute atomic E-state index is 0.0149. The SMILES string of the molecule is CC1=Nc2ccccc2C1=Cc1c(N)n2c(S(C)(=O)=O)nsc2nc1=O. The summed E-state index contributed by atoms with van der Waals surface area (Å²) in [5.74, 6) is -0.0149. The number of aromatic nitrogens is 3. The van der Waals surface area contributed by atoms with E-state index in [1.165, 1.54) is 4.40 Å². The molecule has 4 rings (SSSR count). The fourth-order valence-electron chi connectivity index (χ4n) is 2.83. The van der Waals surface area contributed by atoms with Crippen molar-refractivity contribution in [2.24, 2.45) is 4.99 Å². The molecule has 0 saturated carbocycles. The fraction of sp³-hybridized carbons (Fsp3) is 0.125. The summed E-state index contributed by atoms with van der Waals surface area (Å²) in [7, 11) is -3.63. The van der Waals surface area contributed by atoms with Crippen molar-refractivity contribution in [1.29, 1.82) is 0 Å². The molecule has 0 saturated heterocycles. The summed E-state index contributed by atoms with van der Waals surface area (Å²) < 4.78 is 29.0. The van der Waals surface area contributed by atoms with Crippen molar-refractivity contribution < 1.29 is 8.42 Å².